The number of methoxy groups -OCH3 is 2. The summed E-state index contributed by atoms with van der Waals surface area (Å²) in [5.41, 5.74) is 2.34. The van der Waals surface area contributed by atoms with Gasteiger partial charge in [0.25, 0.3) is 0 Å². The third-order valence-electron chi connectivity index (χ3n) is 3.77. The van der Waals surface area contributed by atoms with Gasteiger partial charge in [0.2, 0.25) is 0 Å². The molecular formula is C20H18N2O3S. The summed E-state index contributed by atoms with van der Waals surface area (Å²) in [5, 5.41) is 9.15. The number of aromatic nitrogens is 2. The molecule has 1 heterocycles. The maximum absolute atomic E-state index is 12.3. The summed E-state index contributed by atoms with van der Waals surface area (Å²) in [6, 6.07) is 18.5. The van der Waals surface area contributed by atoms with Gasteiger partial charge in [-0.2, -0.15) is 0 Å². The maximum atomic E-state index is 12.3. The van der Waals surface area contributed by atoms with Crippen LogP contribution in [0.5, 0.6) is 11.5 Å². The molecule has 0 aliphatic heterocycles. The van der Waals surface area contributed by atoms with Gasteiger partial charge in [0, 0.05) is 11.1 Å². The smallest absolute Gasteiger partial charge is 0.173 e. The first-order chi connectivity index (χ1) is 12.7. The Bertz CT molecular complexity index is 880. The molecule has 2 aromatic carbocycles. The third-order valence-corrected chi connectivity index (χ3v) is 4.69. The Balaban J connectivity index is 1.62. The van der Waals surface area contributed by atoms with Crippen molar-refractivity contribution in [3.05, 3.63) is 66.2 Å². The summed E-state index contributed by atoms with van der Waals surface area (Å²) in [7, 11) is 3.23. The van der Waals surface area contributed by atoms with Gasteiger partial charge < -0.3 is 9.47 Å². The molecule has 0 aliphatic carbocycles. The van der Waals surface area contributed by atoms with Crippen LogP contribution in [0.15, 0.2) is 65.7 Å². The zero-order valence-electron chi connectivity index (χ0n) is 14.5. The predicted octanol–water partition coefficient (Wildman–Crippen LogP) is 4.14. The van der Waals surface area contributed by atoms with E-state index in [1.54, 1.807) is 38.5 Å². The molecule has 0 fully saturated rings. The fourth-order valence-corrected chi connectivity index (χ4v) is 3.04. The number of thioether (sulfide) groups is 1. The van der Waals surface area contributed by atoms with Crippen molar-refractivity contribution in [2.45, 2.75) is 5.03 Å². The SMILES string of the molecule is COc1ccc(C(=O)CSc2ccc(-c3cccc(OC)c3)nn2)cc1. The van der Waals surface area contributed by atoms with E-state index in [-0.39, 0.29) is 5.78 Å². The zero-order valence-corrected chi connectivity index (χ0v) is 15.3. The van der Waals surface area contributed by atoms with Gasteiger partial charge in [0.05, 0.1) is 25.7 Å². The van der Waals surface area contributed by atoms with E-state index in [1.165, 1.54) is 11.8 Å². The highest BCUT2D eigenvalue weighted by atomic mass is 32.2. The van der Waals surface area contributed by atoms with Crippen LogP contribution in [0.25, 0.3) is 11.3 Å². The van der Waals surface area contributed by atoms with Crippen molar-refractivity contribution in [1.29, 1.82) is 0 Å². The van der Waals surface area contributed by atoms with Gasteiger partial charge in [0.1, 0.15) is 16.5 Å². The van der Waals surface area contributed by atoms with Gasteiger partial charge >= 0.3 is 0 Å². The van der Waals surface area contributed by atoms with E-state index >= 15 is 0 Å². The molecule has 0 aliphatic rings. The third kappa shape index (κ3) is 4.40. The van der Waals surface area contributed by atoms with E-state index in [0.29, 0.717) is 16.3 Å². The number of carbonyl (C=O) groups excluding carboxylic acids is 1. The van der Waals surface area contributed by atoms with Crippen LogP contribution in [-0.2, 0) is 0 Å². The number of nitrogens with zero attached hydrogens (tertiary/aromatic N) is 2. The van der Waals surface area contributed by atoms with Crippen LogP contribution in [0.3, 0.4) is 0 Å². The summed E-state index contributed by atoms with van der Waals surface area (Å²) in [6.45, 7) is 0. The molecular weight excluding hydrogens is 348 g/mol. The number of hydrogen-bond donors (Lipinski definition) is 0. The monoisotopic (exact) mass is 366 g/mol. The van der Waals surface area contributed by atoms with E-state index in [2.05, 4.69) is 10.2 Å². The molecule has 6 heteroatoms. The first-order valence-electron chi connectivity index (χ1n) is 7.98. The first kappa shape index (κ1) is 17.9. The summed E-state index contributed by atoms with van der Waals surface area (Å²) < 4.78 is 10.3. The average molecular weight is 366 g/mol. The number of Topliss-reactive ketones (excluding diaryl/α,β-unsaturated/α-hetero) is 1. The predicted molar refractivity (Wildman–Crippen MR) is 102 cm³/mol. The van der Waals surface area contributed by atoms with Crippen LogP contribution in [0.4, 0.5) is 0 Å². The standard InChI is InChI=1S/C20H18N2O3S/c1-24-16-8-6-14(7-9-16)19(23)13-26-20-11-10-18(21-22-20)15-4-3-5-17(12-15)25-2/h3-12H,13H2,1-2H3. The van der Waals surface area contributed by atoms with Crippen LogP contribution in [0.1, 0.15) is 10.4 Å². The first-order valence-corrected chi connectivity index (χ1v) is 8.96. The highest BCUT2D eigenvalue weighted by molar-refractivity contribution is 7.99. The van der Waals surface area contributed by atoms with Crippen molar-refractivity contribution in [1.82, 2.24) is 10.2 Å². The minimum atomic E-state index is 0.0383. The molecule has 0 spiro atoms. The lowest BCUT2D eigenvalue weighted by Gasteiger charge is -2.05. The molecule has 5 nitrogen and oxygen atoms in total. The highest BCUT2D eigenvalue weighted by Crippen LogP contribution is 2.24. The Morgan fingerprint density at radius 3 is 2.35 bits per heavy atom. The molecule has 0 saturated carbocycles. The number of ketones is 1. The van der Waals surface area contributed by atoms with Crippen LogP contribution >= 0.6 is 11.8 Å². The molecule has 1 aromatic heterocycles. The summed E-state index contributed by atoms with van der Waals surface area (Å²) in [5.74, 6) is 1.84. The molecule has 3 rings (SSSR count). The molecule has 0 unspecified atom stereocenters. The van der Waals surface area contributed by atoms with Crippen molar-refractivity contribution >= 4 is 17.5 Å². The van der Waals surface area contributed by atoms with Crippen LogP contribution in [0, 0.1) is 0 Å². The zero-order chi connectivity index (χ0) is 18.4. The Labute approximate surface area is 156 Å². The molecule has 0 atom stereocenters. The molecule has 0 amide bonds. The van der Waals surface area contributed by atoms with Crippen molar-refractivity contribution < 1.29 is 14.3 Å². The van der Waals surface area contributed by atoms with Gasteiger partial charge in [0.15, 0.2) is 5.78 Å². The number of ether oxygens (including phenoxy) is 2. The van der Waals surface area contributed by atoms with Crippen molar-refractivity contribution in [3.63, 3.8) is 0 Å². The minimum Gasteiger partial charge on any atom is -0.497 e. The summed E-state index contributed by atoms with van der Waals surface area (Å²) in [4.78, 5) is 12.3. The second-order valence-corrected chi connectivity index (χ2v) is 6.42. The van der Waals surface area contributed by atoms with E-state index in [9.17, 15) is 4.79 Å². The van der Waals surface area contributed by atoms with E-state index in [4.69, 9.17) is 9.47 Å². The van der Waals surface area contributed by atoms with Crippen molar-refractivity contribution in [2.24, 2.45) is 0 Å². The normalized spacial score (nSPS) is 10.4. The van der Waals surface area contributed by atoms with E-state index in [1.807, 2.05) is 36.4 Å². The lowest BCUT2D eigenvalue weighted by molar-refractivity contribution is 0.102. The molecule has 3 aromatic rings. The molecule has 0 N–H and O–H groups in total. The Kier molecular flexibility index (Phi) is 5.86. The quantitative estimate of drug-likeness (QED) is 0.463. The van der Waals surface area contributed by atoms with E-state index < -0.39 is 0 Å². The molecule has 0 radical (unpaired) electrons. The molecule has 26 heavy (non-hydrogen) atoms. The summed E-state index contributed by atoms with van der Waals surface area (Å²) >= 11 is 1.37. The second kappa shape index (κ2) is 8.49. The van der Waals surface area contributed by atoms with Gasteiger partial charge in [-0.05, 0) is 48.5 Å². The van der Waals surface area contributed by atoms with Crippen molar-refractivity contribution in [3.8, 4) is 22.8 Å². The lowest BCUT2D eigenvalue weighted by atomic mass is 10.1. The van der Waals surface area contributed by atoms with Crippen LogP contribution in [-0.4, -0.2) is 36.0 Å². The molecule has 132 valence electrons. The average Bonchev–Trinajstić information content (AvgIpc) is 2.72. The lowest BCUT2D eigenvalue weighted by Crippen LogP contribution is -2.02. The Morgan fingerprint density at radius 1 is 0.923 bits per heavy atom. The minimum absolute atomic E-state index is 0.0383. The highest BCUT2D eigenvalue weighted by Gasteiger charge is 2.09. The Morgan fingerprint density at radius 2 is 1.69 bits per heavy atom. The maximum Gasteiger partial charge on any atom is 0.173 e. The Hall–Kier alpha value is -2.86. The number of rotatable bonds is 7. The van der Waals surface area contributed by atoms with Gasteiger partial charge in [-0.3, -0.25) is 4.79 Å². The van der Waals surface area contributed by atoms with E-state index in [0.717, 1.165) is 22.8 Å². The largest absolute Gasteiger partial charge is 0.497 e. The fraction of sp³-hybridized carbons (Fsp3) is 0.150. The van der Waals surface area contributed by atoms with Crippen LogP contribution in [0.2, 0.25) is 0 Å². The molecule has 0 saturated heterocycles. The number of carbonyl (C=O) groups is 1. The fourth-order valence-electron chi connectivity index (χ4n) is 2.33. The topological polar surface area (TPSA) is 61.3 Å². The van der Waals surface area contributed by atoms with Gasteiger partial charge in [-0.1, -0.05) is 23.9 Å². The number of benzene rings is 2. The second-order valence-electron chi connectivity index (χ2n) is 5.43. The van der Waals surface area contributed by atoms with Gasteiger partial charge in [-0.25, -0.2) is 0 Å². The number of hydrogen-bond acceptors (Lipinski definition) is 6. The molecule has 0 bridgehead atoms. The van der Waals surface area contributed by atoms with Crippen LogP contribution < -0.4 is 9.47 Å². The van der Waals surface area contributed by atoms with Gasteiger partial charge in [-0.15, -0.1) is 10.2 Å². The van der Waals surface area contributed by atoms with Crippen molar-refractivity contribution in [2.75, 3.05) is 20.0 Å². The summed E-state index contributed by atoms with van der Waals surface area (Å²) in [6.07, 6.45) is 0.